The van der Waals surface area contributed by atoms with Gasteiger partial charge in [-0.3, -0.25) is 10.1 Å². The molecule has 1 aromatic rings. The molecule has 0 radical (unpaired) electrons. The highest BCUT2D eigenvalue weighted by Gasteiger charge is 2.52. The van der Waals surface area contributed by atoms with Gasteiger partial charge in [-0.15, -0.1) is 0 Å². The minimum Gasteiger partial charge on any atom is -0.383 e. The Labute approximate surface area is 126 Å². The first kappa shape index (κ1) is 14.5. The molecule has 1 heterocycles. The lowest BCUT2D eigenvalue weighted by molar-refractivity contribution is -0.133. The number of nitrogens with one attached hydrogen (secondary N) is 1. The Balaban J connectivity index is 1.91. The Kier molecular flexibility index (Phi) is 4.00. The molecule has 4 heteroatoms. The summed E-state index contributed by atoms with van der Waals surface area (Å²) < 4.78 is 5.19. The van der Waals surface area contributed by atoms with Gasteiger partial charge in [-0.25, -0.2) is 0 Å². The third kappa shape index (κ3) is 2.58. The Morgan fingerprint density at radius 1 is 1.38 bits per heavy atom. The lowest BCUT2D eigenvalue weighted by Crippen LogP contribution is -2.44. The zero-order valence-electron chi connectivity index (χ0n) is 12.9. The van der Waals surface area contributed by atoms with Crippen molar-refractivity contribution in [3.63, 3.8) is 0 Å². The summed E-state index contributed by atoms with van der Waals surface area (Å²) in [5.41, 5.74) is 2.06. The van der Waals surface area contributed by atoms with Crippen LogP contribution in [0.3, 0.4) is 0 Å². The molecule has 0 aromatic heterocycles. The van der Waals surface area contributed by atoms with Gasteiger partial charge in [0.05, 0.1) is 12.1 Å². The van der Waals surface area contributed by atoms with Crippen LogP contribution in [0.1, 0.15) is 43.0 Å². The van der Waals surface area contributed by atoms with E-state index in [1.54, 1.807) is 7.11 Å². The molecule has 1 unspecified atom stereocenters. The molecule has 0 bridgehead atoms. The molecular weight excluding hydrogens is 264 g/mol. The number of amides is 1. The topological polar surface area (TPSA) is 41.6 Å². The second-order valence-electron chi connectivity index (χ2n) is 6.24. The first-order valence-electron chi connectivity index (χ1n) is 7.80. The van der Waals surface area contributed by atoms with Gasteiger partial charge in [0.15, 0.2) is 0 Å². The van der Waals surface area contributed by atoms with Gasteiger partial charge in [-0.05, 0) is 25.3 Å². The van der Waals surface area contributed by atoms with Crippen molar-refractivity contribution in [2.75, 3.05) is 20.3 Å². The monoisotopic (exact) mass is 288 g/mol. The number of hydrogen-bond acceptors (Lipinski definition) is 3. The Morgan fingerprint density at radius 3 is 2.81 bits per heavy atom. The quantitative estimate of drug-likeness (QED) is 0.925. The molecule has 1 N–H and O–H groups in total. The summed E-state index contributed by atoms with van der Waals surface area (Å²) in [5.74, 6) is 0.253. The third-order valence-corrected chi connectivity index (χ3v) is 4.75. The van der Waals surface area contributed by atoms with Crippen molar-refractivity contribution in [2.24, 2.45) is 0 Å². The maximum absolute atomic E-state index is 12.9. The van der Waals surface area contributed by atoms with Crippen molar-refractivity contribution in [1.82, 2.24) is 10.2 Å². The fourth-order valence-corrected chi connectivity index (χ4v) is 3.65. The highest BCUT2D eigenvalue weighted by Crippen LogP contribution is 2.40. The van der Waals surface area contributed by atoms with Gasteiger partial charge in [-0.1, -0.05) is 42.7 Å². The SMILES string of the molecule is COCCN1C(=O)C2(CCCC2)NC1c1cccc(C)c1. The van der Waals surface area contributed by atoms with Crippen molar-refractivity contribution in [3.05, 3.63) is 35.4 Å². The molecule has 1 atom stereocenters. The molecule has 21 heavy (non-hydrogen) atoms. The molecule has 1 saturated heterocycles. The van der Waals surface area contributed by atoms with E-state index >= 15 is 0 Å². The van der Waals surface area contributed by atoms with Gasteiger partial charge < -0.3 is 9.64 Å². The Hall–Kier alpha value is -1.39. The van der Waals surface area contributed by atoms with E-state index in [4.69, 9.17) is 4.74 Å². The van der Waals surface area contributed by atoms with E-state index in [0.29, 0.717) is 13.2 Å². The number of rotatable bonds is 4. The molecule has 1 aromatic carbocycles. The molecule has 1 saturated carbocycles. The Bertz CT molecular complexity index is 523. The number of hydrogen-bond donors (Lipinski definition) is 1. The van der Waals surface area contributed by atoms with Crippen molar-refractivity contribution in [2.45, 2.75) is 44.3 Å². The third-order valence-electron chi connectivity index (χ3n) is 4.75. The van der Waals surface area contributed by atoms with E-state index in [1.807, 2.05) is 4.90 Å². The normalized spacial score (nSPS) is 24.2. The number of carbonyl (C=O) groups excluding carboxylic acids is 1. The van der Waals surface area contributed by atoms with Crippen molar-refractivity contribution < 1.29 is 9.53 Å². The van der Waals surface area contributed by atoms with Gasteiger partial charge >= 0.3 is 0 Å². The lowest BCUT2D eigenvalue weighted by Gasteiger charge is -2.24. The van der Waals surface area contributed by atoms with E-state index < -0.39 is 0 Å². The molecule has 1 aliphatic heterocycles. The van der Waals surface area contributed by atoms with Crippen LogP contribution in [0.25, 0.3) is 0 Å². The molecule has 1 spiro atoms. The zero-order valence-corrected chi connectivity index (χ0v) is 12.9. The first-order chi connectivity index (χ1) is 10.2. The highest BCUT2D eigenvalue weighted by atomic mass is 16.5. The minimum absolute atomic E-state index is 0.0225. The van der Waals surface area contributed by atoms with Crippen LogP contribution < -0.4 is 5.32 Å². The molecule has 2 aliphatic rings. The van der Waals surface area contributed by atoms with Crippen molar-refractivity contribution in [1.29, 1.82) is 0 Å². The fraction of sp³-hybridized carbons (Fsp3) is 0.588. The highest BCUT2D eigenvalue weighted by molar-refractivity contribution is 5.89. The maximum atomic E-state index is 12.9. The number of ether oxygens (including phenoxy) is 1. The van der Waals surface area contributed by atoms with Crippen molar-refractivity contribution >= 4 is 5.91 Å². The summed E-state index contributed by atoms with van der Waals surface area (Å²) in [6, 6.07) is 8.42. The zero-order chi connectivity index (χ0) is 14.9. The van der Waals surface area contributed by atoms with Crippen LogP contribution >= 0.6 is 0 Å². The average molecular weight is 288 g/mol. The predicted molar refractivity (Wildman–Crippen MR) is 81.8 cm³/mol. The van der Waals surface area contributed by atoms with Gasteiger partial charge in [-0.2, -0.15) is 0 Å². The van der Waals surface area contributed by atoms with E-state index in [1.165, 1.54) is 11.1 Å². The smallest absolute Gasteiger partial charge is 0.244 e. The maximum Gasteiger partial charge on any atom is 0.244 e. The standard InChI is InChI=1S/C17H24N2O2/c1-13-6-5-7-14(12-13)15-18-17(8-3-4-9-17)16(20)19(15)10-11-21-2/h5-7,12,15,18H,3-4,8-11H2,1-2H3. The van der Waals surface area contributed by atoms with Crippen LogP contribution in [0, 0.1) is 6.92 Å². The molecule has 114 valence electrons. The lowest BCUT2D eigenvalue weighted by atomic mass is 9.98. The Morgan fingerprint density at radius 2 is 2.14 bits per heavy atom. The molecule has 4 nitrogen and oxygen atoms in total. The molecule has 1 aliphatic carbocycles. The van der Waals surface area contributed by atoms with Crippen LogP contribution in [-0.2, 0) is 9.53 Å². The second kappa shape index (κ2) is 5.78. The first-order valence-corrected chi connectivity index (χ1v) is 7.80. The molecule has 2 fully saturated rings. The van der Waals surface area contributed by atoms with E-state index in [-0.39, 0.29) is 17.6 Å². The number of benzene rings is 1. The summed E-state index contributed by atoms with van der Waals surface area (Å²) >= 11 is 0. The van der Waals surface area contributed by atoms with Crippen LogP contribution in [-0.4, -0.2) is 36.6 Å². The predicted octanol–water partition coefficient (Wildman–Crippen LogP) is 2.38. The minimum atomic E-state index is -0.331. The molecule has 1 amide bonds. The van der Waals surface area contributed by atoms with Crippen LogP contribution in [0.5, 0.6) is 0 Å². The summed E-state index contributed by atoms with van der Waals surface area (Å²) in [5, 5.41) is 3.64. The largest absolute Gasteiger partial charge is 0.383 e. The average Bonchev–Trinajstić information content (AvgIpc) is 3.05. The molecule has 3 rings (SSSR count). The summed E-state index contributed by atoms with van der Waals surface area (Å²) in [6.45, 7) is 3.31. The van der Waals surface area contributed by atoms with E-state index in [0.717, 1.165) is 25.7 Å². The summed E-state index contributed by atoms with van der Waals surface area (Å²) in [7, 11) is 1.68. The van der Waals surface area contributed by atoms with Crippen LogP contribution in [0.4, 0.5) is 0 Å². The van der Waals surface area contributed by atoms with Crippen LogP contribution in [0.15, 0.2) is 24.3 Å². The number of nitrogens with zero attached hydrogens (tertiary/aromatic N) is 1. The van der Waals surface area contributed by atoms with Crippen LogP contribution in [0.2, 0.25) is 0 Å². The number of aryl methyl sites for hydroxylation is 1. The van der Waals surface area contributed by atoms with Gasteiger partial charge in [0, 0.05) is 13.7 Å². The second-order valence-corrected chi connectivity index (χ2v) is 6.24. The van der Waals surface area contributed by atoms with Gasteiger partial charge in [0.2, 0.25) is 5.91 Å². The number of carbonyl (C=O) groups is 1. The molecular formula is C17H24N2O2. The van der Waals surface area contributed by atoms with E-state index in [2.05, 4.69) is 36.5 Å². The summed E-state index contributed by atoms with van der Waals surface area (Å²) in [6.07, 6.45) is 4.16. The fourth-order valence-electron chi connectivity index (χ4n) is 3.65. The number of methoxy groups -OCH3 is 1. The van der Waals surface area contributed by atoms with Gasteiger partial charge in [0.25, 0.3) is 0 Å². The van der Waals surface area contributed by atoms with E-state index in [9.17, 15) is 4.79 Å². The van der Waals surface area contributed by atoms with Gasteiger partial charge in [0.1, 0.15) is 6.17 Å². The van der Waals surface area contributed by atoms with Crippen molar-refractivity contribution in [3.8, 4) is 0 Å². The summed E-state index contributed by atoms with van der Waals surface area (Å²) in [4.78, 5) is 14.9.